The minimum Gasteiger partial charge on any atom is -0.220 e. The van der Waals surface area contributed by atoms with E-state index in [4.69, 9.17) is 5.26 Å². The van der Waals surface area contributed by atoms with E-state index in [1.54, 1.807) is 6.26 Å². The summed E-state index contributed by atoms with van der Waals surface area (Å²) in [4.78, 5) is 0. The van der Waals surface area contributed by atoms with Crippen LogP contribution in [0.2, 0.25) is 0 Å². The van der Waals surface area contributed by atoms with Gasteiger partial charge in [0.15, 0.2) is 0 Å². The summed E-state index contributed by atoms with van der Waals surface area (Å²) in [7, 11) is 0. The zero-order valence-corrected chi connectivity index (χ0v) is 15.1. The Morgan fingerprint density at radius 3 is 1.14 bits per heavy atom. The van der Waals surface area contributed by atoms with Crippen LogP contribution in [-0.4, -0.2) is 11.5 Å². The van der Waals surface area contributed by atoms with Gasteiger partial charge in [0, 0.05) is 18.3 Å². The second kappa shape index (κ2) is 24.0. The lowest BCUT2D eigenvalue weighted by molar-refractivity contribution is -0.432. The van der Waals surface area contributed by atoms with Crippen LogP contribution in [0.4, 0.5) is 0 Å². The lowest BCUT2D eigenvalue weighted by Crippen LogP contribution is -1.71. The zero-order chi connectivity index (χ0) is 16.9. The second-order valence-electron chi connectivity index (χ2n) is 2.66. The van der Waals surface area contributed by atoms with Crippen molar-refractivity contribution >= 4 is 22.8 Å². The average molecular weight is 314 g/mol. The maximum absolute atomic E-state index is 7.32. The fourth-order valence-electron chi connectivity index (χ4n) is 1.16. The Morgan fingerprint density at radius 2 is 1.00 bits per heavy atom. The highest BCUT2D eigenvalue weighted by atomic mass is 32.2. The molecule has 0 saturated carbocycles. The van der Waals surface area contributed by atoms with Crippen molar-refractivity contribution in [1.82, 2.24) is 0 Å². The fourth-order valence-corrected chi connectivity index (χ4v) is 1.22. The van der Waals surface area contributed by atoms with Gasteiger partial charge in [0.05, 0.1) is 0 Å². The minimum atomic E-state index is 0.929. The molecule has 0 bridgehead atoms. The lowest BCUT2D eigenvalue weighted by Gasteiger charge is -1.92. The first kappa shape index (κ1) is 24.9. The van der Waals surface area contributed by atoms with Gasteiger partial charge in [0.1, 0.15) is 0 Å². The van der Waals surface area contributed by atoms with E-state index in [9.17, 15) is 0 Å². The molecule has 2 aromatic rings. The molecule has 0 unspecified atom stereocenters. The third-order valence-corrected chi connectivity index (χ3v) is 1.95. The zero-order valence-electron chi connectivity index (χ0n) is 14.3. The first-order chi connectivity index (χ1) is 10.4. The van der Waals surface area contributed by atoms with Gasteiger partial charge in [-0.3, -0.25) is 0 Å². The maximum Gasteiger partial charge on any atom is 0.0311 e. The molecule has 0 heterocycles. The molecule has 0 aliphatic heterocycles. The topological polar surface area (TPSA) is 38.7 Å². The second-order valence-corrected chi connectivity index (χ2v) is 3.13. The van der Waals surface area contributed by atoms with E-state index < -0.39 is 0 Å². The Labute approximate surface area is 134 Å². The van der Waals surface area contributed by atoms with Crippen LogP contribution < -0.4 is 0 Å². The van der Waals surface area contributed by atoms with Crippen molar-refractivity contribution in [1.29, 1.82) is 0 Å². The number of rotatable bonds is 2. The molecular weight excluding hydrogens is 284 g/mol. The smallest absolute Gasteiger partial charge is 0.0311 e. The summed E-state index contributed by atoms with van der Waals surface area (Å²) in [5.41, 5.74) is 0. The molecule has 21 heavy (non-hydrogen) atoms. The van der Waals surface area contributed by atoms with E-state index >= 15 is 0 Å². The molecule has 0 amide bonds. The summed E-state index contributed by atoms with van der Waals surface area (Å²) in [5.74, 6) is 0. The van der Waals surface area contributed by atoms with Gasteiger partial charge in [0.2, 0.25) is 0 Å². The molecule has 0 saturated heterocycles. The van der Waals surface area contributed by atoms with Crippen molar-refractivity contribution in [3.63, 3.8) is 0 Å². The summed E-state index contributed by atoms with van der Waals surface area (Å²) in [6.07, 6.45) is 1.62. The minimum absolute atomic E-state index is 0.929. The van der Waals surface area contributed by atoms with Gasteiger partial charge in [-0.05, 0) is 10.8 Å². The largest absolute Gasteiger partial charge is 0.220 e. The van der Waals surface area contributed by atoms with Gasteiger partial charge >= 0.3 is 0 Å². The molecule has 2 aromatic carbocycles. The Balaban J connectivity index is -0.000000253. The standard InChI is InChI=1S/C10H8.3C2H6.CH4O3S/c1-2-6-10-8-4-3-7-9(10)5-1;3*1-2;1-5-4-3-2/h1-8H;3*1-2H3;2H,1H3. The van der Waals surface area contributed by atoms with Crippen molar-refractivity contribution < 1.29 is 14.6 Å². The molecule has 3 nitrogen and oxygen atoms in total. The predicted octanol–water partition coefficient (Wildman–Crippen LogP) is 6.60. The third-order valence-electron chi connectivity index (χ3n) is 1.76. The predicted molar refractivity (Wildman–Crippen MR) is 96.3 cm³/mol. The molecule has 4 heteroatoms. The van der Waals surface area contributed by atoms with Crippen molar-refractivity contribution in [2.24, 2.45) is 0 Å². The molecular formula is C17H30O3S. The van der Waals surface area contributed by atoms with Crippen LogP contribution in [0.5, 0.6) is 0 Å². The number of hydrogen-bond donors (Lipinski definition) is 1. The molecule has 0 fully saturated rings. The highest BCUT2D eigenvalue weighted by Crippen LogP contribution is 2.11. The van der Waals surface area contributed by atoms with Crippen molar-refractivity contribution in [2.45, 2.75) is 41.5 Å². The van der Waals surface area contributed by atoms with E-state index in [-0.39, 0.29) is 0 Å². The number of hydrogen-bond acceptors (Lipinski definition) is 4. The van der Waals surface area contributed by atoms with E-state index in [1.807, 2.05) is 41.5 Å². The molecule has 2 rings (SSSR count). The Hall–Kier alpha value is -1.07. The molecule has 1 N–H and O–H groups in total. The van der Waals surface area contributed by atoms with Crippen LogP contribution in [0, 0.1) is 0 Å². The van der Waals surface area contributed by atoms with Gasteiger partial charge in [-0.1, -0.05) is 95.1 Å². The summed E-state index contributed by atoms with van der Waals surface area (Å²) < 4.78 is 3.81. The Kier molecular flexibility index (Phi) is 28.5. The highest BCUT2D eigenvalue weighted by molar-refractivity contribution is 7.93. The number of fused-ring (bicyclic) bond motifs is 1. The van der Waals surface area contributed by atoms with Gasteiger partial charge in [-0.15, -0.1) is 4.33 Å². The van der Waals surface area contributed by atoms with E-state index in [1.165, 1.54) is 10.8 Å². The quantitative estimate of drug-likeness (QED) is 0.385. The fraction of sp³-hybridized carbons (Fsp3) is 0.412. The van der Waals surface area contributed by atoms with Crippen molar-refractivity contribution in [3.8, 4) is 0 Å². The van der Waals surface area contributed by atoms with E-state index in [0.29, 0.717) is 0 Å². The van der Waals surface area contributed by atoms with Crippen molar-refractivity contribution in [2.75, 3.05) is 6.26 Å². The van der Waals surface area contributed by atoms with Crippen LogP contribution in [0.1, 0.15) is 41.5 Å². The molecule has 0 aliphatic rings. The molecule has 0 aromatic heterocycles. The summed E-state index contributed by atoms with van der Waals surface area (Å²) >= 11 is 0.929. The lowest BCUT2D eigenvalue weighted by atomic mass is 10.1. The first-order valence-corrected chi connectivity index (χ1v) is 8.48. The third kappa shape index (κ3) is 15.1. The Morgan fingerprint density at radius 1 is 0.714 bits per heavy atom. The Bertz CT molecular complexity index is 327. The molecule has 122 valence electrons. The van der Waals surface area contributed by atoms with Crippen LogP contribution in [0.25, 0.3) is 10.8 Å². The van der Waals surface area contributed by atoms with Crippen molar-refractivity contribution in [3.05, 3.63) is 48.5 Å². The first-order valence-electron chi connectivity index (χ1n) is 7.33. The highest BCUT2D eigenvalue weighted by Gasteiger charge is 1.85. The SMILES string of the molecule is CC.CC.CC.CSOOO.c1ccc2ccccc2c1. The maximum atomic E-state index is 7.32. The monoisotopic (exact) mass is 314 g/mol. The molecule has 0 aliphatic carbocycles. The normalized spacial score (nSPS) is 7.62. The van der Waals surface area contributed by atoms with Crippen LogP contribution in [-0.2, 0) is 9.37 Å². The molecule has 0 spiro atoms. The van der Waals surface area contributed by atoms with Gasteiger partial charge in [0.25, 0.3) is 0 Å². The summed E-state index contributed by atoms with van der Waals surface area (Å²) in [6.45, 7) is 12.0. The number of benzene rings is 2. The van der Waals surface area contributed by atoms with Gasteiger partial charge in [-0.2, -0.15) is 0 Å². The van der Waals surface area contributed by atoms with Gasteiger partial charge < -0.3 is 0 Å². The average Bonchev–Trinajstić information content (AvgIpc) is 2.62. The van der Waals surface area contributed by atoms with Gasteiger partial charge in [-0.25, -0.2) is 5.26 Å². The molecule has 0 atom stereocenters. The van der Waals surface area contributed by atoms with E-state index in [2.05, 4.69) is 57.9 Å². The van der Waals surface area contributed by atoms with Crippen LogP contribution in [0.15, 0.2) is 48.5 Å². The summed E-state index contributed by atoms with van der Waals surface area (Å²) in [5, 5.41) is 13.1. The van der Waals surface area contributed by atoms with Crippen LogP contribution in [0.3, 0.4) is 0 Å². The van der Waals surface area contributed by atoms with Crippen LogP contribution >= 0.6 is 12.0 Å². The van der Waals surface area contributed by atoms with E-state index in [0.717, 1.165) is 12.0 Å². The molecule has 0 radical (unpaired) electrons. The summed E-state index contributed by atoms with van der Waals surface area (Å²) in [6, 6.07) is 16.7.